The summed E-state index contributed by atoms with van der Waals surface area (Å²) in [5.74, 6) is 0.296. The molecule has 1 aromatic heterocycles. The number of aromatic nitrogens is 1. The zero-order valence-corrected chi connectivity index (χ0v) is 17.0. The summed E-state index contributed by atoms with van der Waals surface area (Å²) in [7, 11) is 0. The van der Waals surface area contributed by atoms with E-state index in [1.54, 1.807) is 30.3 Å². The first-order valence-electron chi connectivity index (χ1n) is 9.21. The van der Waals surface area contributed by atoms with Crippen LogP contribution in [0, 0.1) is 10.1 Å². The Morgan fingerprint density at radius 1 is 1.17 bits per heavy atom. The molecule has 0 aliphatic heterocycles. The van der Waals surface area contributed by atoms with Crippen LogP contribution in [-0.2, 0) is 11.3 Å². The van der Waals surface area contributed by atoms with Gasteiger partial charge in [0.25, 0.3) is 11.6 Å². The summed E-state index contributed by atoms with van der Waals surface area (Å²) in [5, 5.41) is 11.1. The summed E-state index contributed by atoms with van der Waals surface area (Å²) in [5.41, 5.74) is 1.21. The second-order valence-electron chi connectivity index (χ2n) is 6.02. The first-order valence-corrected chi connectivity index (χ1v) is 10.0. The molecular formula is C20H21N3O5S. The van der Waals surface area contributed by atoms with Crippen molar-refractivity contribution >= 4 is 33.1 Å². The van der Waals surface area contributed by atoms with Crippen LogP contribution in [0.2, 0.25) is 0 Å². The van der Waals surface area contributed by atoms with Gasteiger partial charge in [-0.15, -0.1) is 0 Å². The number of fused-ring (bicyclic) bond motifs is 1. The fourth-order valence-electron chi connectivity index (χ4n) is 2.79. The number of rotatable bonds is 8. The summed E-state index contributed by atoms with van der Waals surface area (Å²) in [6.07, 6.45) is 0. The first-order chi connectivity index (χ1) is 14.0. The van der Waals surface area contributed by atoms with Crippen LogP contribution in [0.15, 0.2) is 47.5 Å². The van der Waals surface area contributed by atoms with E-state index in [0.29, 0.717) is 47.2 Å². The zero-order valence-electron chi connectivity index (χ0n) is 16.2. The van der Waals surface area contributed by atoms with E-state index in [1.165, 1.54) is 23.5 Å². The van der Waals surface area contributed by atoms with Crippen LogP contribution in [0.25, 0.3) is 10.2 Å². The summed E-state index contributed by atoms with van der Waals surface area (Å²) < 4.78 is 13.4. The number of ether oxygens (including phenoxy) is 2. The fourth-order valence-corrected chi connectivity index (χ4v) is 3.88. The summed E-state index contributed by atoms with van der Waals surface area (Å²) in [4.78, 5) is 28.0. The highest BCUT2D eigenvalue weighted by Crippen LogP contribution is 2.23. The molecule has 152 valence electrons. The number of carbonyl (C=O) groups excluding carboxylic acids is 1. The third-order valence-corrected chi connectivity index (χ3v) is 5.19. The van der Waals surface area contributed by atoms with Crippen molar-refractivity contribution < 1.29 is 19.2 Å². The topological polar surface area (TPSA) is 96.0 Å². The minimum Gasteiger partial charge on any atom is -0.494 e. The standard InChI is InChI=1S/C20H21N3O5S/c1-3-27-12-11-22-17-10-7-15(23(25)26)13-18(17)29-20(22)21-19(24)14-5-8-16(9-6-14)28-4-2/h5-10,13H,3-4,11-12H2,1-2H3. The quantitative estimate of drug-likeness (QED) is 0.317. The van der Waals surface area contributed by atoms with Crippen LogP contribution in [0.4, 0.5) is 5.69 Å². The Hall–Kier alpha value is -3.04. The number of non-ortho nitro benzene ring substituents is 1. The van der Waals surface area contributed by atoms with Gasteiger partial charge in [0.05, 0.1) is 28.4 Å². The normalized spacial score (nSPS) is 11.7. The van der Waals surface area contributed by atoms with E-state index in [2.05, 4.69) is 4.99 Å². The number of nitrogens with zero attached hydrogens (tertiary/aromatic N) is 3. The molecule has 0 atom stereocenters. The van der Waals surface area contributed by atoms with Gasteiger partial charge in [0.1, 0.15) is 5.75 Å². The highest BCUT2D eigenvalue weighted by molar-refractivity contribution is 7.16. The van der Waals surface area contributed by atoms with Gasteiger partial charge in [-0.1, -0.05) is 11.3 Å². The van der Waals surface area contributed by atoms with Crippen molar-refractivity contribution in [2.45, 2.75) is 20.4 Å². The van der Waals surface area contributed by atoms with E-state index >= 15 is 0 Å². The minimum absolute atomic E-state index is 0.0000904. The molecule has 8 nitrogen and oxygen atoms in total. The van der Waals surface area contributed by atoms with Gasteiger partial charge in [0.2, 0.25) is 0 Å². The molecule has 0 saturated carbocycles. The number of nitro benzene ring substituents is 1. The van der Waals surface area contributed by atoms with Crippen LogP contribution >= 0.6 is 11.3 Å². The number of carbonyl (C=O) groups is 1. The third kappa shape index (κ3) is 4.87. The van der Waals surface area contributed by atoms with Gasteiger partial charge < -0.3 is 14.0 Å². The lowest BCUT2D eigenvalue weighted by atomic mass is 10.2. The maximum Gasteiger partial charge on any atom is 0.279 e. The number of nitro groups is 1. The van der Waals surface area contributed by atoms with Gasteiger partial charge in [-0.2, -0.15) is 4.99 Å². The van der Waals surface area contributed by atoms with Gasteiger partial charge in [0, 0.05) is 30.8 Å². The molecule has 0 radical (unpaired) electrons. The predicted molar refractivity (Wildman–Crippen MR) is 110 cm³/mol. The van der Waals surface area contributed by atoms with E-state index in [9.17, 15) is 14.9 Å². The summed E-state index contributed by atoms with van der Waals surface area (Å²) >= 11 is 1.24. The lowest BCUT2D eigenvalue weighted by Crippen LogP contribution is -2.19. The van der Waals surface area contributed by atoms with Gasteiger partial charge in [-0.25, -0.2) is 0 Å². The SMILES string of the molecule is CCOCCn1c(=NC(=O)c2ccc(OCC)cc2)sc2cc([N+](=O)[O-])ccc21. The summed E-state index contributed by atoms with van der Waals surface area (Å²) in [6, 6.07) is 11.4. The molecule has 2 aromatic carbocycles. The van der Waals surface area contributed by atoms with Gasteiger partial charge in [0.15, 0.2) is 4.80 Å². The molecule has 0 aliphatic rings. The fraction of sp³-hybridized carbons (Fsp3) is 0.300. The van der Waals surface area contributed by atoms with E-state index in [1.807, 2.05) is 18.4 Å². The largest absolute Gasteiger partial charge is 0.494 e. The van der Waals surface area contributed by atoms with Gasteiger partial charge in [-0.05, 0) is 44.2 Å². The van der Waals surface area contributed by atoms with Crippen LogP contribution in [0.3, 0.4) is 0 Å². The molecule has 0 bridgehead atoms. The molecule has 0 unspecified atom stereocenters. The molecule has 0 spiro atoms. The third-order valence-electron chi connectivity index (χ3n) is 4.15. The molecule has 0 aliphatic carbocycles. The van der Waals surface area contributed by atoms with Crippen molar-refractivity contribution in [1.29, 1.82) is 0 Å². The number of benzene rings is 2. The van der Waals surface area contributed by atoms with Crippen LogP contribution in [-0.4, -0.2) is 35.2 Å². The highest BCUT2D eigenvalue weighted by Gasteiger charge is 2.13. The Bertz CT molecular complexity index is 1090. The molecule has 0 N–H and O–H groups in total. The van der Waals surface area contributed by atoms with Crippen LogP contribution in [0.5, 0.6) is 5.75 Å². The van der Waals surface area contributed by atoms with Crippen molar-refractivity contribution in [3.05, 3.63) is 62.9 Å². The molecule has 0 saturated heterocycles. The predicted octanol–water partition coefficient (Wildman–Crippen LogP) is 3.79. The Balaban J connectivity index is 2.01. The second kappa shape index (κ2) is 9.44. The number of thiazole rings is 1. The van der Waals surface area contributed by atoms with Crippen molar-refractivity contribution in [1.82, 2.24) is 4.57 Å². The highest BCUT2D eigenvalue weighted by atomic mass is 32.1. The molecular weight excluding hydrogens is 394 g/mol. The minimum atomic E-state index is -0.439. The number of hydrogen-bond acceptors (Lipinski definition) is 6. The van der Waals surface area contributed by atoms with Gasteiger partial charge in [-0.3, -0.25) is 14.9 Å². The maximum absolute atomic E-state index is 12.7. The number of amides is 1. The molecule has 9 heteroatoms. The Morgan fingerprint density at radius 2 is 1.93 bits per heavy atom. The molecule has 29 heavy (non-hydrogen) atoms. The molecule has 3 rings (SSSR count). The Kier molecular flexibility index (Phi) is 6.73. The lowest BCUT2D eigenvalue weighted by molar-refractivity contribution is -0.384. The second-order valence-corrected chi connectivity index (χ2v) is 7.03. The van der Waals surface area contributed by atoms with Crippen molar-refractivity contribution in [3.63, 3.8) is 0 Å². The molecule has 1 heterocycles. The smallest absolute Gasteiger partial charge is 0.279 e. The Morgan fingerprint density at radius 3 is 2.59 bits per heavy atom. The van der Waals surface area contributed by atoms with Crippen molar-refractivity contribution in [2.24, 2.45) is 4.99 Å². The number of hydrogen-bond donors (Lipinski definition) is 0. The zero-order chi connectivity index (χ0) is 20.8. The lowest BCUT2D eigenvalue weighted by Gasteiger charge is -2.05. The maximum atomic E-state index is 12.7. The Labute approximate surface area is 171 Å². The van der Waals surface area contributed by atoms with Crippen molar-refractivity contribution in [3.8, 4) is 5.75 Å². The molecule has 3 aromatic rings. The van der Waals surface area contributed by atoms with E-state index in [-0.39, 0.29) is 11.6 Å². The van der Waals surface area contributed by atoms with Gasteiger partial charge >= 0.3 is 0 Å². The van der Waals surface area contributed by atoms with E-state index < -0.39 is 4.92 Å². The first kappa shape index (κ1) is 20.7. The van der Waals surface area contributed by atoms with E-state index in [0.717, 1.165) is 5.52 Å². The monoisotopic (exact) mass is 415 g/mol. The van der Waals surface area contributed by atoms with Crippen LogP contribution in [0.1, 0.15) is 24.2 Å². The van der Waals surface area contributed by atoms with Crippen LogP contribution < -0.4 is 9.54 Å². The van der Waals surface area contributed by atoms with E-state index in [4.69, 9.17) is 9.47 Å². The summed E-state index contributed by atoms with van der Waals surface area (Å²) in [6.45, 7) is 5.85. The van der Waals surface area contributed by atoms with Crippen molar-refractivity contribution in [2.75, 3.05) is 19.8 Å². The molecule has 1 amide bonds. The average Bonchev–Trinajstić information content (AvgIpc) is 3.05. The average molecular weight is 415 g/mol. The molecule has 0 fully saturated rings.